The fraction of sp³-hybridized carbons (Fsp3) is 0.484. The number of likely N-dealkylation sites (N-methyl/N-ethyl adjacent to an activating group) is 1. The average Bonchev–Trinajstić information content (AvgIpc) is 2.93. The van der Waals surface area contributed by atoms with E-state index in [0.29, 0.717) is 23.4 Å². The maximum Gasteiger partial charge on any atom is 0.254 e. The van der Waals surface area contributed by atoms with Crippen LogP contribution < -0.4 is 16.0 Å². The standard InChI is InChI=1S/C31H42N6O5/c1-19(2)14-26-31(42)36(6)22(5)28(39)35-25(17-23-10-8-7-9-11-23)29(40)32-12-13-37(18-27(38)34-26)30(41)24-15-20(3)33-21(4)16-24/h7-11,15-16,19,22,25-26H,12-14,17-18H2,1-6H3,(H,32,40)(H,34,38)(H,35,39)/t22-,25-,26-/m0/s1. The first-order valence-corrected chi connectivity index (χ1v) is 14.3. The number of aromatic nitrogens is 1. The molecule has 0 aliphatic carbocycles. The topological polar surface area (TPSA) is 141 Å². The summed E-state index contributed by atoms with van der Waals surface area (Å²) >= 11 is 0. The Balaban J connectivity index is 1.96. The molecule has 1 aromatic heterocycles. The van der Waals surface area contributed by atoms with Gasteiger partial charge in [0.05, 0.1) is 6.54 Å². The second-order valence-electron chi connectivity index (χ2n) is 11.3. The normalized spacial score (nSPS) is 21.3. The maximum absolute atomic E-state index is 13.6. The van der Waals surface area contributed by atoms with E-state index in [1.54, 1.807) is 32.9 Å². The summed E-state index contributed by atoms with van der Waals surface area (Å²) in [5, 5.41) is 8.40. The van der Waals surface area contributed by atoms with Gasteiger partial charge in [0.25, 0.3) is 5.91 Å². The number of nitrogens with one attached hydrogen (secondary N) is 3. The Kier molecular flexibility index (Phi) is 11.2. The monoisotopic (exact) mass is 578 g/mol. The predicted octanol–water partition coefficient (Wildman–Crippen LogP) is 1.38. The minimum absolute atomic E-state index is 0.0313. The minimum Gasteiger partial charge on any atom is -0.353 e. The van der Waals surface area contributed by atoms with Crippen molar-refractivity contribution in [2.45, 2.75) is 65.6 Å². The zero-order chi connectivity index (χ0) is 31.0. The van der Waals surface area contributed by atoms with E-state index in [2.05, 4.69) is 20.9 Å². The highest BCUT2D eigenvalue weighted by molar-refractivity contribution is 5.98. The number of hydrogen-bond donors (Lipinski definition) is 3. The van der Waals surface area contributed by atoms with E-state index in [0.717, 1.165) is 5.56 Å². The first-order chi connectivity index (χ1) is 19.8. The quantitative estimate of drug-likeness (QED) is 0.490. The van der Waals surface area contributed by atoms with Crippen LogP contribution in [0.2, 0.25) is 0 Å². The van der Waals surface area contributed by atoms with Crippen molar-refractivity contribution >= 4 is 29.5 Å². The first kappa shape index (κ1) is 32.2. The summed E-state index contributed by atoms with van der Waals surface area (Å²) in [7, 11) is 1.50. The largest absolute Gasteiger partial charge is 0.353 e. The van der Waals surface area contributed by atoms with Gasteiger partial charge >= 0.3 is 0 Å². The number of pyridine rings is 1. The van der Waals surface area contributed by atoms with E-state index < -0.39 is 47.7 Å². The molecule has 1 aliphatic heterocycles. The molecule has 3 rings (SSSR count). The van der Waals surface area contributed by atoms with Gasteiger partial charge in [0.1, 0.15) is 18.1 Å². The third-order valence-electron chi connectivity index (χ3n) is 7.20. The highest BCUT2D eigenvalue weighted by Crippen LogP contribution is 2.13. The number of amides is 5. The molecule has 226 valence electrons. The van der Waals surface area contributed by atoms with Crippen molar-refractivity contribution in [2.75, 3.05) is 26.7 Å². The van der Waals surface area contributed by atoms with Crippen molar-refractivity contribution in [1.82, 2.24) is 30.7 Å². The third-order valence-corrected chi connectivity index (χ3v) is 7.20. The van der Waals surface area contributed by atoms with Crippen molar-refractivity contribution in [3.05, 3.63) is 65.0 Å². The molecule has 0 bridgehead atoms. The summed E-state index contributed by atoms with van der Waals surface area (Å²) in [6.45, 7) is 8.76. The summed E-state index contributed by atoms with van der Waals surface area (Å²) in [4.78, 5) is 73.9. The van der Waals surface area contributed by atoms with Gasteiger partial charge in [-0.05, 0) is 50.8 Å². The molecule has 0 unspecified atom stereocenters. The lowest BCUT2D eigenvalue weighted by Crippen LogP contribution is -2.57. The third kappa shape index (κ3) is 8.86. The molecule has 3 N–H and O–H groups in total. The number of rotatable bonds is 5. The molecule has 42 heavy (non-hydrogen) atoms. The molecule has 1 aromatic carbocycles. The van der Waals surface area contributed by atoms with Crippen molar-refractivity contribution in [1.29, 1.82) is 0 Å². The summed E-state index contributed by atoms with van der Waals surface area (Å²) in [5.74, 6) is -2.21. The Hall–Kier alpha value is -4.28. The van der Waals surface area contributed by atoms with Crippen LogP contribution in [0.1, 0.15) is 54.5 Å². The van der Waals surface area contributed by atoms with E-state index in [1.165, 1.54) is 16.8 Å². The Bertz CT molecular complexity index is 1280. The average molecular weight is 579 g/mol. The van der Waals surface area contributed by atoms with Crippen molar-refractivity contribution in [2.24, 2.45) is 5.92 Å². The second kappa shape index (κ2) is 14.6. The molecule has 3 atom stereocenters. The van der Waals surface area contributed by atoms with Crippen LogP contribution in [0, 0.1) is 19.8 Å². The predicted molar refractivity (Wildman–Crippen MR) is 158 cm³/mol. The number of carbonyl (C=O) groups is 5. The first-order valence-electron chi connectivity index (χ1n) is 14.3. The van der Waals surface area contributed by atoms with Crippen LogP contribution >= 0.6 is 0 Å². The minimum atomic E-state index is -0.920. The molecule has 11 heteroatoms. The van der Waals surface area contributed by atoms with Gasteiger partial charge in [0.2, 0.25) is 23.6 Å². The molecule has 2 heterocycles. The van der Waals surface area contributed by atoms with Gasteiger partial charge in [-0.15, -0.1) is 0 Å². The molecule has 0 spiro atoms. The van der Waals surface area contributed by atoms with Gasteiger partial charge in [-0.2, -0.15) is 0 Å². The van der Waals surface area contributed by atoms with Crippen molar-refractivity contribution in [3.63, 3.8) is 0 Å². The molecule has 1 aliphatic rings. The smallest absolute Gasteiger partial charge is 0.254 e. The number of nitrogens with zero attached hydrogens (tertiary/aromatic N) is 3. The summed E-state index contributed by atoms with van der Waals surface area (Å²) in [6.07, 6.45) is 0.577. The van der Waals surface area contributed by atoms with E-state index >= 15 is 0 Å². The zero-order valence-corrected chi connectivity index (χ0v) is 25.3. The van der Waals surface area contributed by atoms with Gasteiger partial charge in [-0.25, -0.2) is 0 Å². The van der Waals surface area contributed by atoms with Gasteiger partial charge < -0.3 is 25.8 Å². The zero-order valence-electron chi connectivity index (χ0n) is 25.3. The second-order valence-corrected chi connectivity index (χ2v) is 11.3. The number of hydrogen-bond acceptors (Lipinski definition) is 6. The van der Waals surface area contributed by atoms with Gasteiger partial charge in [0, 0.05) is 43.5 Å². The SMILES string of the molecule is Cc1cc(C(=O)N2CCNC(=O)[C@H](Cc3ccccc3)NC(=O)[C@H](C)N(C)C(=O)[C@H](CC(C)C)NC(=O)C2)cc(C)n1. The Labute approximate surface area is 247 Å². The van der Waals surface area contributed by atoms with Crippen molar-refractivity contribution in [3.8, 4) is 0 Å². The van der Waals surface area contributed by atoms with Crippen LogP contribution in [-0.2, 0) is 25.6 Å². The Morgan fingerprint density at radius 2 is 1.62 bits per heavy atom. The lowest BCUT2D eigenvalue weighted by atomic mass is 10.0. The van der Waals surface area contributed by atoms with Gasteiger partial charge in [-0.3, -0.25) is 29.0 Å². The molecule has 0 saturated carbocycles. The summed E-state index contributed by atoms with van der Waals surface area (Å²) < 4.78 is 0. The van der Waals surface area contributed by atoms with Crippen molar-refractivity contribution < 1.29 is 24.0 Å². The Morgan fingerprint density at radius 1 is 0.976 bits per heavy atom. The van der Waals surface area contributed by atoms with E-state index in [1.807, 2.05) is 44.2 Å². The fourth-order valence-electron chi connectivity index (χ4n) is 4.90. The molecule has 5 amide bonds. The number of benzene rings is 1. The number of aryl methyl sites for hydroxylation is 2. The lowest BCUT2D eigenvalue weighted by Gasteiger charge is -2.30. The van der Waals surface area contributed by atoms with E-state index in [-0.39, 0.29) is 32.0 Å². The maximum atomic E-state index is 13.6. The van der Waals surface area contributed by atoms with E-state index in [9.17, 15) is 24.0 Å². The summed E-state index contributed by atoms with van der Waals surface area (Å²) in [6, 6.07) is 9.85. The summed E-state index contributed by atoms with van der Waals surface area (Å²) in [5.41, 5.74) is 2.54. The van der Waals surface area contributed by atoms with Gasteiger partial charge in [-0.1, -0.05) is 44.2 Å². The van der Waals surface area contributed by atoms with Gasteiger partial charge in [0.15, 0.2) is 0 Å². The molecule has 0 radical (unpaired) electrons. The highest BCUT2D eigenvalue weighted by atomic mass is 16.2. The fourth-order valence-corrected chi connectivity index (χ4v) is 4.90. The van der Waals surface area contributed by atoms with Crippen LogP contribution in [0.3, 0.4) is 0 Å². The van der Waals surface area contributed by atoms with Crippen LogP contribution in [0.15, 0.2) is 42.5 Å². The van der Waals surface area contributed by atoms with Crippen LogP contribution in [-0.4, -0.2) is 89.1 Å². The molecular formula is C31H42N6O5. The molecule has 1 fully saturated rings. The van der Waals surface area contributed by atoms with Crippen LogP contribution in [0.4, 0.5) is 0 Å². The molecule has 11 nitrogen and oxygen atoms in total. The van der Waals surface area contributed by atoms with Crippen LogP contribution in [0.5, 0.6) is 0 Å². The van der Waals surface area contributed by atoms with E-state index in [4.69, 9.17) is 0 Å². The number of carbonyl (C=O) groups excluding carboxylic acids is 5. The molecular weight excluding hydrogens is 536 g/mol. The Morgan fingerprint density at radius 3 is 2.24 bits per heavy atom. The highest BCUT2D eigenvalue weighted by Gasteiger charge is 2.33. The molecule has 1 saturated heterocycles. The lowest BCUT2D eigenvalue weighted by molar-refractivity contribution is -0.142. The van der Waals surface area contributed by atoms with Crippen LogP contribution in [0.25, 0.3) is 0 Å². The molecule has 2 aromatic rings.